The Balaban J connectivity index is 2.19. The highest BCUT2D eigenvalue weighted by Gasteiger charge is 2.24. The fourth-order valence-electron chi connectivity index (χ4n) is 3.41. The molecule has 122 valence electrons. The maximum atomic E-state index is 12.3. The lowest BCUT2D eigenvalue weighted by Crippen LogP contribution is -2.32. The van der Waals surface area contributed by atoms with Crippen molar-refractivity contribution in [1.82, 2.24) is 5.32 Å². The fraction of sp³-hybridized carbons (Fsp3) is 0.632. The Labute approximate surface area is 134 Å². The van der Waals surface area contributed by atoms with E-state index in [-0.39, 0.29) is 17.9 Å². The third-order valence-corrected chi connectivity index (χ3v) is 4.79. The smallest absolute Gasteiger partial charge is 0.223 e. The van der Waals surface area contributed by atoms with Gasteiger partial charge in [-0.1, -0.05) is 26.7 Å². The van der Waals surface area contributed by atoms with Crippen molar-refractivity contribution >= 4 is 5.91 Å². The molecule has 1 aliphatic rings. The first kappa shape index (κ1) is 16.9. The summed E-state index contributed by atoms with van der Waals surface area (Å²) in [6.07, 6.45) is 4.45. The van der Waals surface area contributed by atoms with Gasteiger partial charge in [0.05, 0.1) is 13.2 Å². The quantitative estimate of drug-likeness (QED) is 0.870. The molecule has 2 rings (SSSR count). The third kappa shape index (κ3) is 3.63. The number of carbonyl (C=O) groups is 1. The SMILES string of the molecule is COc1cc(C)c([C@H](C)NC(=O)C2CCCC2)cc1C(C)C. The molecule has 1 amide bonds. The van der Waals surface area contributed by atoms with E-state index in [1.165, 1.54) is 29.5 Å². The Kier molecular flexibility index (Phi) is 5.49. The van der Waals surface area contributed by atoms with Crippen LogP contribution in [0, 0.1) is 12.8 Å². The molecular formula is C19H29NO2. The topological polar surface area (TPSA) is 38.3 Å². The predicted octanol–water partition coefficient (Wildman–Crippen LogP) is 4.49. The first-order valence-corrected chi connectivity index (χ1v) is 8.42. The molecule has 1 fully saturated rings. The number of methoxy groups -OCH3 is 1. The maximum Gasteiger partial charge on any atom is 0.223 e. The summed E-state index contributed by atoms with van der Waals surface area (Å²) in [7, 11) is 1.71. The average molecular weight is 303 g/mol. The lowest BCUT2D eigenvalue weighted by atomic mass is 9.93. The molecule has 1 aliphatic carbocycles. The molecule has 0 aromatic heterocycles. The molecule has 3 heteroatoms. The van der Waals surface area contributed by atoms with Crippen LogP contribution in [0.3, 0.4) is 0 Å². The zero-order valence-corrected chi connectivity index (χ0v) is 14.5. The van der Waals surface area contributed by atoms with E-state index >= 15 is 0 Å². The van der Waals surface area contributed by atoms with E-state index in [0.29, 0.717) is 5.92 Å². The van der Waals surface area contributed by atoms with Crippen molar-refractivity contribution in [1.29, 1.82) is 0 Å². The van der Waals surface area contributed by atoms with E-state index in [9.17, 15) is 4.79 Å². The molecule has 1 atom stereocenters. The Hall–Kier alpha value is -1.51. The Morgan fingerprint density at radius 2 is 1.82 bits per heavy atom. The summed E-state index contributed by atoms with van der Waals surface area (Å²) in [6, 6.07) is 4.32. The highest BCUT2D eigenvalue weighted by molar-refractivity contribution is 5.79. The van der Waals surface area contributed by atoms with Crippen molar-refractivity contribution in [2.45, 2.75) is 65.3 Å². The number of aryl methyl sites for hydroxylation is 1. The van der Waals surface area contributed by atoms with Crippen LogP contribution in [0.4, 0.5) is 0 Å². The largest absolute Gasteiger partial charge is 0.496 e. The molecule has 1 saturated carbocycles. The van der Waals surface area contributed by atoms with Crippen LogP contribution in [-0.2, 0) is 4.79 Å². The number of amides is 1. The van der Waals surface area contributed by atoms with E-state index in [2.05, 4.69) is 45.1 Å². The summed E-state index contributed by atoms with van der Waals surface area (Å²) in [5.41, 5.74) is 3.56. The van der Waals surface area contributed by atoms with Crippen molar-refractivity contribution in [3.63, 3.8) is 0 Å². The second kappa shape index (κ2) is 7.17. The van der Waals surface area contributed by atoms with Gasteiger partial charge in [-0.3, -0.25) is 4.79 Å². The van der Waals surface area contributed by atoms with Gasteiger partial charge in [-0.05, 0) is 61.4 Å². The van der Waals surface area contributed by atoms with E-state index in [1.807, 2.05) is 0 Å². The standard InChI is InChI=1S/C19H29NO2/c1-12(2)16-11-17(13(3)10-18(16)22-5)14(4)20-19(21)15-8-6-7-9-15/h10-12,14-15H,6-9H2,1-5H3,(H,20,21)/t14-/m0/s1. The van der Waals surface area contributed by atoms with Gasteiger partial charge < -0.3 is 10.1 Å². The van der Waals surface area contributed by atoms with Crippen molar-refractivity contribution in [3.8, 4) is 5.75 Å². The lowest BCUT2D eigenvalue weighted by molar-refractivity contribution is -0.125. The third-order valence-electron chi connectivity index (χ3n) is 4.79. The average Bonchev–Trinajstić information content (AvgIpc) is 3.00. The minimum absolute atomic E-state index is 0.0384. The van der Waals surface area contributed by atoms with Crippen LogP contribution < -0.4 is 10.1 Å². The van der Waals surface area contributed by atoms with Gasteiger partial charge in [0.1, 0.15) is 5.75 Å². The summed E-state index contributed by atoms with van der Waals surface area (Å²) >= 11 is 0. The van der Waals surface area contributed by atoms with Crippen LogP contribution in [-0.4, -0.2) is 13.0 Å². The van der Waals surface area contributed by atoms with Crippen LogP contribution in [0.5, 0.6) is 5.75 Å². The number of hydrogen-bond donors (Lipinski definition) is 1. The van der Waals surface area contributed by atoms with Gasteiger partial charge in [0.2, 0.25) is 5.91 Å². The lowest BCUT2D eigenvalue weighted by Gasteiger charge is -2.22. The fourth-order valence-corrected chi connectivity index (χ4v) is 3.41. The summed E-state index contributed by atoms with van der Waals surface area (Å²) in [5, 5.41) is 3.20. The molecule has 1 N–H and O–H groups in total. The molecule has 0 bridgehead atoms. The van der Waals surface area contributed by atoms with Crippen LogP contribution in [0.2, 0.25) is 0 Å². The zero-order valence-electron chi connectivity index (χ0n) is 14.5. The minimum Gasteiger partial charge on any atom is -0.496 e. The molecule has 0 saturated heterocycles. The Bertz CT molecular complexity index is 530. The number of hydrogen-bond acceptors (Lipinski definition) is 2. The summed E-state index contributed by atoms with van der Waals surface area (Å²) in [6.45, 7) is 8.49. The monoisotopic (exact) mass is 303 g/mol. The summed E-state index contributed by atoms with van der Waals surface area (Å²) in [5.74, 6) is 1.76. The van der Waals surface area contributed by atoms with Crippen LogP contribution in [0.1, 0.15) is 75.1 Å². The second-order valence-corrected chi connectivity index (χ2v) is 6.82. The van der Waals surface area contributed by atoms with E-state index < -0.39 is 0 Å². The Morgan fingerprint density at radius 1 is 1.18 bits per heavy atom. The van der Waals surface area contributed by atoms with Crippen molar-refractivity contribution in [2.75, 3.05) is 7.11 Å². The van der Waals surface area contributed by atoms with E-state index in [0.717, 1.165) is 18.6 Å². The number of ether oxygens (including phenoxy) is 1. The molecule has 0 spiro atoms. The highest BCUT2D eigenvalue weighted by Crippen LogP contribution is 2.32. The normalized spacial score (nSPS) is 16.8. The van der Waals surface area contributed by atoms with Gasteiger partial charge in [-0.25, -0.2) is 0 Å². The molecule has 0 aliphatic heterocycles. The molecule has 3 nitrogen and oxygen atoms in total. The summed E-state index contributed by atoms with van der Waals surface area (Å²) in [4.78, 5) is 12.3. The minimum atomic E-state index is 0.0384. The van der Waals surface area contributed by atoms with Gasteiger partial charge in [0.25, 0.3) is 0 Å². The number of carbonyl (C=O) groups excluding carboxylic acids is 1. The first-order chi connectivity index (χ1) is 10.4. The van der Waals surface area contributed by atoms with Crippen molar-refractivity contribution < 1.29 is 9.53 Å². The number of benzene rings is 1. The van der Waals surface area contributed by atoms with Gasteiger partial charge in [0, 0.05) is 5.92 Å². The van der Waals surface area contributed by atoms with Crippen LogP contribution >= 0.6 is 0 Å². The second-order valence-electron chi connectivity index (χ2n) is 6.82. The van der Waals surface area contributed by atoms with Crippen molar-refractivity contribution in [3.05, 3.63) is 28.8 Å². The molecule has 0 radical (unpaired) electrons. The molecule has 0 heterocycles. The molecule has 0 unspecified atom stereocenters. The molecule has 22 heavy (non-hydrogen) atoms. The van der Waals surface area contributed by atoms with Gasteiger partial charge >= 0.3 is 0 Å². The van der Waals surface area contributed by atoms with Crippen LogP contribution in [0.15, 0.2) is 12.1 Å². The first-order valence-electron chi connectivity index (χ1n) is 8.42. The van der Waals surface area contributed by atoms with Gasteiger partial charge in [-0.2, -0.15) is 0 Å². The van der Waals surface area contributed by atoms with Gasteiger partial charge in [0.15, 0.2) is 0 Å². The number of nitrogens with one attached hydrogen (secondary N) is 1. The maximum absolute atomic E-state index is 12.3. The molecule has 1 aromatic carbocycles. The highest BCUT2D eigenvalue weighted by atomic mass is 16.5. The van der Waals surface area contributed by atoms with Crippen LogP contribution in [0.25, 0.3) is 0 Å². The molecular weight excluding hydrogens is 274 g/mol. The van der Waals surface area contributed by atoms with Gasteiger partial charge in [-0.15, -0.1) is 0 Å². The molecule has 1 aromatic rings. The number of rotatable bonds is 5. The zero-order chi connectivity index (χ0) is 16.3. The van der Waals surface area contributed by atoms with E-state index in [4.69, 9.17) is 4.74 Å². The summed E-state index contributed by atoms with van der Waals surface area (Å²) < 4.78 is 5.50. The van der Waals surface area contributed by atoms with Crippen molar-refractivity contribution in [2.24, 2.45) is 5.92 Å². The predicted molar refractivity (Wildman–Crippen MR) is 90.3 cm³/mol. The Morgan fingerprint density at radius 3 is 2.36 bits per heavy atom. The van der Waals surface area contributed by atoms with E-state index in [1.54, 1.807) is 7.11 Å².